The first-order chi connectivity index (χ1) is 12.3. The molecule has 1 atom stereocenters. The lowest BCUT2D eigenvalue weighted by Crippen LogP contribution is -2.39. The molecule has 3 rings (SSSR count). The molecule has 0 spiro atoms. The van der Waals surface area contributed by atoms with Crippen molar-refractivity contribution in [3.8, 4) is 0 Å². The lowest BCUT2D eigenvalue weighted by Gasteiger charge is -2.17. The normalized spacial score (nSPS) is 11.8. The van der Waals surface area contributed by atoms with Gasteiger partial charge in [-0.05, 0) is 46.9 Å². The molecule has 0 saturated carbocycles. The van der Waals surface area contributed by atoms with Crippen molar-refractivity contribution in [2.45, 2.75) is 18.9 Å². The molecule has 2 N–H and O–H groups in total. The van der Waals surface area contributed by atoms with E-state index in [1.807, 2.05) is 40.5 Å². The molecule has 2 aromatic heterocycles. The van der Waals surface area contributed by atoms with Gasteiger partial charge < -0.3 is 10.6 Å². The van der Waals surface area contributed by atoms with Gasteiger partial charge in [0.05, 0.1) is 6.04 Å². The van der Waals surface area contributed by atoms with E-state index in [0.29, 0.717) is 13.1 Å². The molecule has 0 aliphatic carbocycles. The number of hydrogen-bond donors (Lipinski definition) is 2. The molecule has 25 heavy (non-hydrogen) atoms. The third kappa shape index (κ3) is 5.19. The van der Waals surface area contributed by atoms with Crippen molar-refractivity contribution >= 4 is 17.4 Å². The number of aromatic nitrogens is 2. The van der Waals surface area contributed by atoms with Crippen molar-refractivity contribution in [1.82, 2.24) is 20.4 Å². The second kappa shape index (κ2) is 9.03. The molecular formula is C19H22N4OS. The smallest absolute Gasteiger partial charge is 0.314 e. The number of hydrogen-bond acceptors (Lipinski definition) is 3. The van der Waals surface area contributed by atoms with Crippen LogP contribution >= 0.6 is 11.3 Å². The fraction of sp³-hybridized carbons (Fsp3) is 0.263. The number of nitrogens with one attached hydrogen (secondary N) is 2. The first kappa shape index (κ1) is 17.2. The van der Waals surface area contributed by atoms with Gasteiger partial charge in [0, 0.05) is 25.5 Å². The maximum atomic E-state index is 12.0. The molecule has 6 heteroatoms. The van der Waals surface area contributed by atoms with E-state index in [2.05, 4.69) is 39.3 Å². The first-order valence-electron chi connectivity index (χ1n) is 8.40. The van der Waals surface area contributed by atoms with E-state index in [0.717, 1.165) is 18.4 Å². The average Bonchev–Trinajstić information content (AvgIpc) is 3.34. The highest BCUT2D eigenvalue weighted by Gasteiger charge is 2.15. The Morgan fingerprint density at radius 2 is 2.04 bits per heavy atom. The summed E-state index contributed by atoms with van der Waals surface area (Å²) in [5.41, 5.74) is 2.44. The van der Waals surface area contributed by atoms with Crippen LogP contribution in [0.2, 0.25) is 0 Å². The number of carbonyl (C=O) groups is 1. The van der Waals surface area contributed by atoms with Gasteiger partial charge in [-0.1, -0.05) is 30.3 Å². The Balaban J connectivity index is 1.43. The molecule has 3 aromatic rings. The van der Waals surface area contributed by atoms with E-state index < -0.39 is 0 Å². The number of amides is 2. The number of benzene rings is 1. The maximum Gasteiger partial charge on any atom is 0.314 e. The van der Waals surface area contributed by atoms with Crippen molar-refractivity contribution in [3.63, 3.8) is 0 Å². The van der Waals surface area contributed by atoms with E-state index >= 15 is 0 Å². The van der Waals surface area contributed by atoms with Crippen LogP contribution in [-0.4, -0.2) is 28.9 Å². The molecule has 2 amide bonds. The molecule has 0 saturated heterocycles. The van der Waals surface area contributed by atoms with Gasteiger partial charge in [0.1, 0.15) is 0 Å². The zero-order chi connectivity index (χ0) is 17.3. The highest BCUT2D eigenvalue weighted by atomic mass is 32.1. The maximum absolute atomic E-state index is 12.0. The number of carbonyl (C=O) groups excluding carboxylic acids is 1. The Labute approximate surface area is 151 Å². The molecule has 0 radical (unpaired) electrons. The minimum absolute atomic E-state index is 0.0105. The summed E-state index contributed by atoms with van der Waals surface area (Å²) in [4.78, 5) is 12.0. The molecule has 5 nitrogen and oxygen atoms in total. The van der Waals surface area contributed by atoms with Crippen molar-refractivity contribution in [2.24, 2.45) is 0 Å². The summed E-state index contributed by atoms with van der Waals surface area (Å²) in [6.45, 7) is 1.16. The van der Waals surface area contributed by atoms with Crippen molar-refractivity contribution in [1.29, 1.82) is 0 Å². The Bertz CT molecular complexity index is 707. The highest BCUT2D eigenvalue weighted by Crippen LogP contribution is 2.19. The Kier molecular flexibility index (Phi) is 6.23. The summed E-state index contributed by atoms with van der Waals surface area (Å²) < 4.78 is 1.87. The van der Waals surface area contributed by atoms with Gasteiger partial charge in [0.15, 0.2) is 0 Å². The SMILES string of the molecule is O=C(NCCCc1ccccc1)NC[C@@H](c1ccsc1)n1cccn1. The molecule has 2 heterocycles. The number of rotatable bonds is 8. The summed E-state index contributed by atoms with van der Waals surface area (Å²) in [5.74, 6) is 0. The molecular weight excluding hydrogens is 332 g/mol. The third-order valence-electron chi connectivity index (χ3n) is 4.00. The summed E-state index contributed by atoms with van der Waals surface area (Å²) in [6, 6.07) is 14.1. The fourth-order valence-corrected chi connectivity index (χ4v) is 3.39. The molecule has 1 aromatic carbocycles. The number of urea groups is 1. The van der Waals surface area contributed by atoms with Crippen molar-refractivity contribution in [3.05, 3.63) is 76.7 Å². The number of thiophene rings is 1. The van der Waals surface area contributed by atoms with E-state index in [1.165, 1.54) is 5.56 Å². The van der Waals surface area contributed by atoms with Gasteiger partial charge in [-0.25, -0.2) is 4.79 Å². The first-order valence-corrected chi connectivity index (χ1v) is 9.34. The van der Waals surface area contributed by atoms with Crippen LogP contribution in [-0.2, 0) is 6.42 Å². The van der Waals surface area contributed by atoms with Crippen LogP contribution in [0.25, 0.3) is 0 Å². The largest absolute Gasteiger partial charge is 0.338 e. The predicted molar refractivity (Wildman–Crippen MR) is 101 cm³/mol. The second-order valence-corrected chi connectivity index (χ2v) is 6.56. The lowest BCUT2D eigenvalue weighted by molar-refractivity contribution is 0.239. The predicted octanol–water partition coefficient (Wildman–Crippen LogP) is 3.47. The molecule has 0 fully saturated rings. The summed E-state index contributed by atoms with van der Waals surface area (Å²) >= 11 is 1.64. The number of aryl methyl sites for hydroxylation is 1. The van der Waals surface area contributed by atoms with Crippen molar-refractivity contribution < 1.29 is 4.79 Å². The van der Waals surface area contributed by atoms with Crippen LogP contribution in [0.15, 0.2) is 65.6 Å². The average molecular weight is 354 g/mol. The minimum atomic E-state index is -0.138. The van der Waals surface area contributed by atoms with Crippen LogP contribution in [0.4, 0.5) is 4.79 Å². The molecule has 0 aliphatic rings. The van der Waals surface area contributed by atoms with Gasteiger partial charge >= 0.3 is 6.03 Å². The molecule has 0 bridgehead atoms. The zero-order valence-electron chi connectivity index (χ0n) is 14.0. The Morgan fingerprint density at radius 1 is 1.16 bits per heavy atom. The van der Waals surface area contributed by atoms with Gasteiger partial charge in [-0.3, -0.25) is 4.68 Å². The van der Waals surface area contributed by atoms with Crippen LogP contribution in [0, 0.1) is 0 Å². The topological polar surface area (TPSA) is 59.0 Å². The van der Waals surface area contributed by atoms with E-state index in [9.17, 15) is 4.79 Å². The van der Waals surface area contributed by atoms with Gasteiger partial charge in [-0.2, -0.15) is 16.4 Å². The zero-order valence-corrected chi connectivity index (χ0v) is 14.8. The van der Waals surface area contributed by atoms with Gasteiger partial charge in [-0.15, -0.1) is 0 Å². The van der Waals surface area contributed by atoms with Crippen molar-refractivity contribution in [2.75, 3.05) is 13.1 Å². The summed E-state index contributed by atoms with van der Waals surface area (Å²) in [7, 11) is 0. The van der Waals surface area contributed by atoms with Gasteiger partial charge in [0.2, 0.25) is 0 Å². The van der Waals surface area contributed by atoms with E-state index in [1.54, 1.807) is 17.5 Å². The quantitative estimate of drug-likeness (QED) is 0.609. The van der Waals surface area contributed by atoms with E-state index in [-0.39, 0.29) is 12.1 Å². The van der Waals surface area contributed by atoms with Crippen LogP contribution in [0.3, 0.4) is 0 Å². The molecule has 0 aliphatic heterocycles. The highest BCUT2D eigenvalue weighted by molar-refractivity contribution is 7.07. The fourth-order valence-electron chi connectivity index (χ4n) is 2.68. The summed E-state index contributed by atoms with van der Waals surface area (Å²) in [5, 5.41) is 14.3. The minimum Gasteiger partial charge on any atom is -0.338 e. The second-order valence-electron chi connectivity index (χ2n) is 5.78. The van der Waals surface area contributed by atoms with Crippen LogP contribution < -0.4 is 10.6 Å². The molecule has 130 valence electrons. The summed E-state index contributed by atoms with van der Waals surface area (Å²) in [6.07, 6.45) is 5.56. The molecule has 0 unspecified atom stereocenters. The van der Waals surface area contributed by atoms with Crippen LogP contribution in [0.5, 0.6) is 0 Å². The van der Waals surface area contributed by atoms with Crippen LogP contribution in [0.1, 0.15) is 23.6 Å². The Hall–Kier alpha value is -2.60. The Morgan fingerprint density at radius 3 is 2.76 bits per heavy atom. The van der Waals surface area contributed by atoms with E-state index in [4.69, 9.17) is 0 Å². The number of nitrogens with zero attached hydrogens (tertiary/aromatic N) is 2. The van der Waals surface area contributed by atoms with Gasteiger partial charge in [0.25, 0.3) is 0 Å². The third-order valence-corrected chi connectivity index (χ3v) is 4.70. The lowest BCUT2D eigenvalue weighted by atomic mass is 10.1. The standard InChI is InChI=1S/C19H22N4OS/c24-19(20-10-4-8-16-6-2-1-3-7-16)21-14-18(17-9-13-25-15-17)23-12-5-11-22-23/h1-3,5-7,9,11-13,15,18H,4,8,10,14H2,(H2,20,21,24)/t18-/m0/s1. The monoisotopic (exact) mass is 354 g/mol.